The molecule has 2 aromatic carbocycles. The highest BCUT2D eigenvalue weighted by atomic mass is 19.4. The minimum Gasteiger partial charge on any atom is -0.294 e. The summed E-state index contributed by atoms with van der Waals surface area (Å²) in [6, 6.07) is 0.623. The monoisotopic (exact) mass is 492 g/mol. The lowest BCUT2D eigenvalue weighted by molar-refractivity contribution is -0.147. The number of rotatable bonds is 5. The van der Waals surface area contributed by atoms with Gasteiger partial charge in [-0.25, -0.2) is 8.78 Å². The SMILES string of the molecule is Cc1cc(C(=O)CCC(=O)c2cc(C(F)(F)F)c(F)c(C(F)(F)F)c2)cc(C(F)(F)F)c1F. The fourth-order valence-electron chi connectivity index (χ4n) is 2.85. The van der Waals surface area contributed by atoms with Crippen molar-refractivity contribution in [2.75, 3.05) is 0 Å². The van der Waals surface area contributed by atoms with Crippen LogP contribution in [0.5, 0.6) is 0 Å². The van der Waals surface area contributed by atoms with E-state index >= 15 is 0 Å². The number of benzene rings is 2. The van der Waals surface area contributed by atoms with Gasteiger partial charge in [-0.3, -0.25) is 9.59 Å². The van der Waals surface area contributed by atoms with Crippen LogP contribution in [0.25, 0.3) is 0 Å². The van der Waals surface area contributed by atoms with Gasteiger partial charge in [0.15, 0.2) is 11.6 Å². The molecule has 0 spiro atoms. The second-order valence-corrected chi connectivity index (χ2v) is 6.88. The predicted octanol–water partition coefficient (Wildman–Crippen LogP) is 7.18. The maximum absolute atomic E-state index is 13.7. The highest BCUT2D eigenvalue weighted by molar-refractivity contribution is 6.02. The van der Waals surface area contributed by atoms with Crippen molar-refractivity contribution >= 4 is 11.6 Å². The van der Waals surface area contributed by atoms with Gasteiger partial charge in [-0.2, -0.15) is 39.5 Å². The van der Waals surface area contributed by atoms with Crippen LogP contribution in [0.4, 0.5) is 48.3 Å². The van der Waals surface area contributed by atoms with Gasteiger partial charge in [-0.05, 0) is 36.8 Å². The molecule has 2 aromatic rings. The van der Waals surface area contributed by atoms with E-state index in [0.29, 0.717) is 0 Å². The topological polar surface area (TPSA) is 34.1 Å². The number of hydrogen-bond donors (Lipinski definition) is 0. The molecule has 0 aliphatic carbocycles. The fourth-order valence-corrected chi connectivity index (χ4v) is 2.85. The molecule has 0 aliphatic heterocycles. The lowest BCUT2D eigenvalue weighted by Gasteiger charge is -2.15. The van der Waals surface area contributed by atoms with Gasteiger partial charge in [0.05, 0.1) is 16.7 Å². The Morgan fingerprint density at radius 1 is 0.606 bits per heavy atom. The minimum atomic E-state index is -5.57. The molecular formula is C20H11F11O2. The summed E-state index contributed by atoms with van der Waals surface area (Å²) in [5.74, 6) is -6.84. The van der Waals surface area contributed by atoms with Crippen molar-refractivity contribution in [3.8, 4) is 0 Å². The molecule has 0 atom stereocenters. The third-order valence-electron chi connectivity index (χ3n) is 4.47. The van der Waals surface area contributed by atoms with Crippen molar-refractivity contribution in [2.24, 2.45) is 0 Å². The highest BCUT2D eigenvalue weighted by Gasteiger charge is 2.42. The lowest BCUT2D eigenvalue weighted by atomic mass is 9.96. The molecule has 0 radical (unpaired) electrons. The standard InChI is InChI=1S/C20H11F11O2/c1-8-4-9(5-11(16(8)21)18(23,24)25)14(32)2-3-15(33)10-6-12(19(26,27)28)17(22)13(7-10)20(29,30)31/h4-7H,2-3H2,1H3. The molecule has 0 aromatic heterocycles. The Hall–Kier alpha value is -2.99. The van der Waals surface area contributed by atoms with E-state index in [1.807, 2.05) is 0 Å². The number of halogens is 11. The Bertz CT molecular complexity index is 1060. The van der Waals surface area contributed by atoms with Gasteiger partial charge < -0.3 is 0 Å². The molecule has 0 amide bonds. The molecule has 0 N–H and O–H groups in total. The van der Waals surface area contributed by atoms with Crippen LogP contribution in [0.3, 0.4) is 0 Å². The summed E-state index contributed by atoms with van der Waals surface area (Å²) in [5, 5.41) is 0. The first-order chi connectivity index (χ1) is 14.8. The van der Waals surface area contributed by atoms with Crippen LogP contribution in [0.1, 0.15) is 55.8 Å². The van der Waals surface area contributed by atoms with E-state index in [0.717, 1.165) is 13.0 Å². The molecule has 2 rings (SSSR count). The summed E-state index contributed by atoms with van der Waals surface area (Å²) < 4.78 is 143. The van der Waals surface area contributed by atoms with Crippen molar-refractivity contribution in [2.45, 2.75) is 38.3 Å². The molecule has 180 valence electrons. The minimum absolute atomic E-state index is 0.152. The third kappa shape index (κ3) is 5.88. The first kappa shape index (κ1) is 26.3. The largest absolute Gasteiger partial charge is 0.419 e. The van der Waals surface area contributed by atoms with E-state index in [2.05, 4.69) is 0 Å². The summed E-state index contributed by atoms with van der Waals surface area (Å²) in [5.41, 5.74) is -8.88. The van der Waals surface area contributed by atoms with Crippen LogP contribution in [-0.2, 0) is 18.5 Å². The molecule has 0 saturated heterocycles. The van der Waals surface area contributed by atoms with Crippen molar-refractivity contribution in [1.82, 2.24) is 0 Å². The van der Waals surface area contributed by atoms with Gasteiger partial charge in [0.1, 0.15) is 11.6 Å². The summed E-state index contributed by atoms with van der Waals surface area (Å²) >= 11 is 0. The first-order valence-electron chi connectivity index (χ1n) is 8.75. The zero-order valence-electron chi connectivity index (χ0n) is 16.2. The van der Waals surface area contributed by atoms with Crippen LogP contribution in [0, 0.1) is 18.6 Å². The summed E-state index contributed by atoms with van der Waals surface area (Å²) in [6.45, 7) is 0.933. The molecule has 2 nitrogen and oxygen atoms in total. The van der Waals surface area contributed by atoms with Gasteiger partial charge in [0.2, 0.25) is 0 Å². The normalized spacial score (nSPS) is 12.7. The number of alkyl halides is 9. The number of carbonyl (C=O) groups excluding carboxylic acids is 2. The van der Waals surface area contributed by atoms with E-state index in [1.165, 1.54) is 0 Å². The average Bonchev–Trinajstić information content (AvgIpc) is 2.65. The van der Waals surface area contributed by atoms with Crippen molar-refractivity contribution in [3.63, 3.8) is 0 Å². The molecular weight excluding hydrogens is 481 g/mol. The number of Topliss-reactive ketones (excluding diaryl/α,β-unsaturated/α-hetero) is 2. The number of hydrogen-bond acceptors (Lipinski definition) is 2. The molecule has 0 heterocycles. The molecule has 13 heteroatoms. The van der Waals surface area contributed by atoms with Crippen LogP contribution >= 0.6 is 0 Å². The zero-order valence-corrected chi connectivity index (χ0v) is 16.2. The maximum Gasteiger partial charge on any atom is 0.419 e. The van der Waals surface area contributed by atoms with Crippen molar-refractivity contribution in [1.29, 1.82) is 0 Å². The van der Waals surface area contributed by atoms with Gasteiger partial charge in [-0.1, -0.05) is 0 Å². The average molecular weight is 492 g/mol. The Morgan fingerprint density at radius 2 is 0.909 bits per heavy atom. The van der Waals surface area contributed by atoms with Crippen LogP contribution < -0.4 is 0 Å². The van der Waals surface area contributed by atoms with E-state index in [-0.39, 0.29) is 18.2 Å². The van der Waals surface area contributed by atoms with E-state index in [9.17, 15) is 57.9 Å². The van der Waals surface area contributed by atoms with Crippen LogP contribution in [-0.4, -0.2) is 11.6 Å². The fraction of sp³-hybridized carbons (Fsp3) is 0.300. The molecule has 0 aliphatic rings. The number of carbonyl (C=O) groups is 2. The van der Waals surface area contributed by atoms with Gasteiger partial charge in [-0.15, -0.1) is 0 Å². The Balaban J connectivity index is 2.35. The van der Waals surface area contributed by atoms with E-state index < -0.39 is 88.0 Å². The molecule has 0 fully saturated rings. The maximum atomic E-state index is 13.7. The Kier molecular flexibility index (Phi) is 6.96. The molecule has 33 heavy (non-hydrogen) atoms. The van der Waals surface area contributed by atoms with Crippen molar-refractivity contribution in [3.05, 3.63) is 69.3 Å². The summed E-state index contributed by atoms with van der Waals surface area (Å²) in [7, 11) is 0. The molecule has 0 saturated carbocycles. The third-order valence-corrected chi connectivity index (χ3v) is 4.47. The van der Waals surface area contributed by atoms with Gasteiger partial charge in [0.25, 0.3) is 0 Å². The van der Waals surface area contributed by atoms with Gasteiger partial charge >= 0.3 is 18.5 Å². The smallest absolute Gasteiger partial charge is 0.294 e. The Labute approximate surface area is 178 Å². The van der Waals surface area contributed by atoms with Crippen molar-refractivity contribution < 1.29 is 57.9 Å². The molecule has 0 unspecified atom stereocenters. The zero-order chi connectivity index (χ0) is 25.5. The van der Waals surface area contributed by atoms with Crippen LogP contribution in [0.2, 0.25) is 0 Å². The summed E-state index contributed by atoms with van der Waals surface area (Å²) in [4.78, 5) is 24.3. The second-order valence-electron chi connectivity index (χ2n) is 6.88. The quantitative estimate of drug-likeness (QED) is 0.328. The summed E-state index contributed by atoms with van der Waals surface area (Å²) in [6.07, 6.45) is -18.2. The predicted molar refractivity (Wildman–Crippen MR) is 90.4 cm³/mol. The Morgan fingerprint density at radius 3 is 1.24 bits per heavy atom. The lowest BCUT2D eigenvalue weighted by Crippen LogP contribution is -2.18. The molecule has 0 bridgehead atoms. The highest BCUT2D eigenvalue weighted by Crippen LogP contribution is 2.39. The van der Waals surface area contributed by atoms with E-state index in [4.69, 9.17) is 0 Å². The van der Waals surface area contributed by atoms with Gasteiger partial charge in [0, 0.05) is 24.0 Å². The second kappa shape index (κ2) is 8.75. The van der Waals surface area contributed by atoms with Crippen LogP contribution in [0.15, 0.2) is 24.3 Å². The van der Waals surface area contributed by atoms with E-state index in [1.54, 1.807) is 0 Å². The number of aryl methyl sites for hydroxylation is 1. The first-order valence-corrected chi connectivity index (χ1v) is 8.75. The number of ketones is 2.